The molecule has 0 amide bonds. The summed E-state index contributed by atoms with van der Waals surface area (Å²) in [4.78, 5) is 4.45. The van der Waals surface area contributed by atoms with Crippen LogP contribution in [0.5, 0.6) is 0 Å². The van der Waals surface area contributed by atoms with Gasteiger partial charge < -0.3 is 4.57 Å². The van der Waals surface area contributed by atoms with Crippen molar-refractivity contribution in [2.24, 2.45) is 7.05 Å². The van der Waals surface area contributed by atoms with E-state index < -0.39 is 12.7 Å². The summed E-state index contributed by atoms with van der Waals surface area (Å²) in [5, 5.41) is 0. The SMILES string of the molecule is [2H]C([2H])([2H])c1c[n+](C)c(-c2c(C)ccc3c2Cc2nccn2-3)cc1C([2H])(C)C. The predicted octanol–water partition coefficient (Wildman–Crippen LogP) is 4.01. The summed E-state index contributed by atoms with van der Waals surface area (Å²) < 4.78 is 36.3. The molecule has 122 valence electrons. The summed E-state index contributed by atoms with van der Waals surface area (Å²) in [5.74, 6) is -0.0181. The van der Waals surface area contributed by atoms with Crippen LogP contribution < -0.4 is 4.57 Å². The summed E-state index contributed by atoms with van der Waals surface area (Å²) in [6, 6.07) is 6.09. The molecule has 2 aromatic heterocycles. The third-order valence-corrected chi connectivity index (χ3v) is 4.88. The first-order valence-corrected chi connectivity index (χ1v) is 8.18. The highest BCUT2D eigenvalue weighted by molar-refractivity contribution is 5.73. The van der Waals surface area contributed by atoms with E-state index in [0.29, 0.717) is 5.56 Å². The van der Waals surface area contributed by atoms with E-state index in [0.717, 1.165) is 34.8 Å². The Bertz CT molecular complexity index is 1090. The maximum Gasteiger partial charge on any atom is 0.213 e. The van der Waals surface area contributed by atoms with Crippen molar-refractivity contribution in [2.45, 2.75) is 39.9 Å². The lowest BCUT2D eigenvalue weighted by Gasteiger charge is -2.14. The van der Waals surface area contributed by atoms with Crippen molar-refractivity contribution in [3.63, 3.8) is 0 Å². The van der Waals surface area contributed by atoms with Gasteiger partial charge in [-0.05, 0) is 42.4 Å². The summed E-state index contributed by atoms with van der Waals surface area (Å²) >= 11 is 0. The number of aryl methyl sites for hydroxylation is 3. The second-order valence-electron chi connectivity index (χ2n) is 6.74. The third-order valence-electron chi connectivity index (χ3n) is 4.88. The average Bonchev–Trinajstić information content (AvgIpc) is 3.14. The van der Waals surface area contributed by atoms with E-state index in [9.17, 15) is 0 Å². The fourth-order valence-electron chi connectivity index (χ4n) is 3.67. The normalized spacial score (nSPS) is 16.0. The zero-order valence-electron chi connectivity index (χ0n) is 18.5. The second-order valence-corrected chi connectivity index (χ2v) is 6.74. The van der Waals surface area contributed by atoms with Crippen LogP contribution >= 0.6 is 0 Å². The van der Waals surface area contributed by atoms with E-state index in [1.165, 1.54) is 5.56 Å². The highest BCUT2D eigenvalue weighted by Gasteiger charge is 2.27. The van der Waals surface area contributed by atoms with Crippen molar-refractivity contribution < 1.29 is 10.1 Å². The van der Waals surface area contributed by atoms with E-state index in [1.54, 1.807) is 20.0 Å². The Morgan fingerprint density at radius 1 is 1.33 bits per heavy atom. The van der Waals surface area contributed by atoms with Crippen LogP contribution in [0.1, 0.15) is 53.3 Å². The summed E-state index contributed by atoms with van der Waals surface area (Å²) in [7, 11) is 1.87. The van der Waals surface area contributed by atoms with Gasteiger partial charge in [0.15, 0.2) is 6.20 Å². The number of pyridine rings is 1. The van der Waals surface area contributed by atoms with E-state index in [2.05, 4.69) is 28.6 Å². The lowest BCUT2D eigenvalue weighted by molar-refractivity contribution is -0.660. The molecule has 0 radical (unpaired) electrons. The number of benzene rings is 1. The standard InChI is InChI=1S/C21H24N3/c1-13(2)16-10-19(23(5)12-15(16)4)21-14(3)6-7-18-17(21)11-20-22-8-9-24(18)20/h6-10,12-13H,11H2,1-5H3/q+1/i4D3,13D. The van der Waals surface area contributed by atoms with Gasteiger partial charge in [0.05, 0.1) is 11.3 Å². The summed E-state index contributed by atoms with van der Waals surface area (Å²) in [5.41, 5.74) is 6.20. The van der Waals surface area contributed by atoms with Gasteiger partial charge in [-0.2, -0.15) is 0 Å². The lowest BCUT2D eigenvalue weighted by Crippen LogP contribution is -2.32. The molecule has 0 spiro atoms. The quantitative estimate of drug-likeness (QED) is 0.511. The fraction of sp³-hybridized carbons (Fsp3) is 0.333. The molecular formula is C21H24N3+. The molecule has 0 N–H and O–H groups in total. The van der Waals surface area contributed by atoms with Crippen molar-refractivity contribution >= 4 is 0 Å². The van der Waals surface area contributed by atoms with Gasteiger partial charge in [0.2, 0.25) is 5.69 Å². The lowest BCUT2D eigenvalue weighted by atomic mass is 9.92. The molecule has 0 saturated carbocycles. The minimum Gasteiger partial charge on any atom is -0.303 e. The van der Waals surface area contributed by atoms with Gasteiger partial charge in [-0.1, -0.05) is 19.9 Å². The van der Waals surface area contributed by atoms with Crippen LogP contribution in [0.3, 0.4) is 0 Å². The fourth-order valence-corrected chi connectivity index (χ4v) is 3.67. The molecule has 24 heavy (non-hydrogen) atoms. The minimum atomic E-state index is -2.26. The first kappa shape index (κ1) is 11.2. The number of hydrogen-bond acceptors (Lipinski definition) is 1. The maximum absolute atomic E-state index is 8.54. The van der Waals surface area contributed by atoms with Crippen molar-refractivity contribution in [2.75, 3.05) is 0 Å². The van der Waals surface area contributed by atoms with Crippen LogP contribution in [0.15, 0.2) is 36.8 Å². The van der Waals surface area contributed by atoms with Gasteiger partial charge in [-0.3, -0.25) is 0 Å². The Balaban J connectivity index is 2.00. The topological polar surface area (TPSA) is 21.7 Å². The molecule has 3 heterocycles. The van der Waals surface area contributed by atoms with Crippen molar-refractivity contribution in [1.29, 1.82) is 0 Å². The number of imidazole rings is 1. The maximum atomic E-state index is 8.54. The summed E-state index contributed by atoms with van der Waals surface area (Å²) in [6.07, 6.45) is 6.18. The Hall–Kier alpha value is -2.42. The molecular weight excluding hydrogens is 294 g/mol. The third kappa shape index (κ3) is 2.11. The van der Waals surface area contributed by atoms with Crippen LogP contribution in [0.25, 0.3) is 16.9 Å². The van der Waals surface area contributed by atoms with Gasteiger partial charge in [0, 0.05) is 35.9 Å². The number of fused-ring (bicyclic) bond motifs is 3. The number of aromatic nitrogens is 3. The van der Waals surface area contributed by atoms with Crippen LogP contribution in [0.4, 0.5) is 0 Å². The highest BCUT2D eigenvalue weighted by Crippen LogP contribution is 2.37. The molecule has 0 saturated heterocycles. The molecule has 3 aromatic rings. The van der Waals surface area contributed by atoms with Gasteiger partial charge >= 0.3 is 0 Å². The van der Waals surface area contributed by atoms with E-state index in [1.807, 2.05) is 30.1 Å². The second kappa shape index (κ2) is 5.30. The molecule has 0 fully saturated rings. The molecule has 1 aromatic carbocycles. The van der Waals surface area contributed by atoms with E-state index in [4.69, 9.17) is 5.48 Å². The van der Waals surface area contributed by atoms with E-state index in [-0.39, 0.29) is 5.56 Å². The van der Waals surface area contributed by atoms with E-state index >= 15 is 0 Å². The van der Waals surface area contributed by atoms with Crippen LogP contribution in [0.2, 0.25) is 0 Å². The molecule has 0 unspecified atom stereocenters. The molecule has 0 atom stereocenters. The zero-order chi connectivity index (χ0) is 20.4. The Morgan fingerprint density at radius 3 is 2.92 bits per heavy atom. The first-order valence-electron chi connectivity index (χ1n) is 10.2. The molecule has 0 aliphatic carbocycles. The van der Waals surface area contributed by atoms with Crippen molar-refractivity contribution in [3.05, 3.63) is 64.9 Å². The predicted molar refractivity (Wildman–Crippen MR) is 96.5 cm³/mol. The number of rotatable bonds is 2. The average molecular weight is 322 g/mol. The number of nitrogens with zero attached hydrogens (tertiary/aromatic N) is 3. The molecule has 1 aliphatic rings. The summed E-state index contributed by atoms with van der Waals surface area (Å²) in [6.45, 7) is 3.28. The van der Waals surface area contributed by atoms with Crippen molar-refractivity contribution in [1.82, 2.24) is 9.55 Å². The Kier molecular flexibility index (Phi) is 2.47. The smallest absolute Gasteiger partial charge is 0.213 e. The van der Waals surface area contributed by atoms with Gasteiger partial charge in [-0.15, -0.1) is 0 Å². The monoisotopic (exact) mass is 322 g/mol. The van der Waals surface area contributed by atoms with Crippen LogP contribution in [0, 0.1) is 13.8 Å². The van der Waals surface area contributed by atoms with Gasteiger partial charge in [0.1, 0.15) is 12.9 Å². The van der Waals surface area contributed by atoms with Crippen LogP contribution in [-0.2, 0) is 13.5 Å². The zero-order valence-corrected chi connectivity index (χ0v) is 14.5. The van der Waals surface area contributed by atoms with Crippen molar-refractivity contribution in [3.8, 4) is 16.9 Å². The minimum absolute atomic E-state index is 0.233. The van der Waals surface area contributed by atoms with Crippen LogP contribution in [-0.4, -0.2) is 9.55 Å². The number of hydrogen-bond donors (Lipinski definition) is 0. The Labute approximate surface area is 149 Å². The molecule has 0 bridgehead atoms. The molecule has 4 rings (SSSR count). The molecule has 1 aliphatic heterocycles. The van der Waals surface area contributed by atoms with Gasteiger partial charge in [0.25, 0.3) is 0 Å². The molecule has 3 heteroatoms. The van der Waals surface area contributed by atoms with Gasteiger partial charge in [-0.25, -0.2) is 9.55 Å². The first-order chi connectivity index (χ1) is 13.0. The highest BCUT2D eigenvalue weighted by atomic mass is 15.1. The largest absolute Gasteiger partial charge is 0.303 e. The molecule has 3 nitrogen and oxygen atoms in total. The Morgan fingerprint density at radius 2 is 2.17 bits per heavy atom.